The lowest BCUT2D eigenvalue weighted by molar-refractivity contribution is 0.256. The largest absolute Gasteiger partial charge is 0.370 e. The summed E-state index contributed by atoms with van der Waals surface area (Å²) in [5, 5.41) is 8.96. The molecule has 0 aromatic heterocycles. The number of hydrogen-bond donors (Lipinski definition) is 2. The van der Waals surface area contributed by atoms with Gasteiger partial charge in [-0.05, 0) is 50.5 Å². The molecular weight excluding hydrogens is 444 g/mol. The van der Waals surface area contributed by atoms with Gasteiger partial charge in [0.05, 0.1) is 18.6 Å². The molecule has 0 saturated carbocycles. The van der Waals surface area contributed by atoms with E-state index < -0.39 is 0 Å². The van der Waals surface area contributed by atoms with E-state index in [1.807, 2.05) is 0 Å². The Bertz CT molecular complexity index is 836. The molecular formula is C30H52N6. The maximum atomic E-state index is 8.96. The minimum Gasteiger partial charge on any atom is -0.370 e. The fourth-order valence-corrected chi connectivity index (χ4v) is 5.78. The zero-order chi connectivity index (χ0) is 25.9. The maximum Gasteiger partial charge on any atom is 0.194 e. The number of aryl methyl sites for hydroxylation is 1. The number of nitrogens with one attached hydrogen (secondary N) is 1. The van der Waals surface area contributed by atoms with Crippen LogP contribution in [-0.2, 0) is 6.42 Å². The Kier molecular flexibility index (Phi) is 11.4. The van der Waals surface area contributed by atoms with Gasteiger partial charge in [-0.15, -0.1) is 0 Å². The second-order valence-electron chi connectivity index (χ2n) is 11.1. The molecule has 1 aromatic carbocycles. The summed E-state index contributed by atoms with van der Waals surface area (Å²) in [5.74, 6) is 2.07. The average Bonchev–Trinajstić information content (AvgIpc) is 3.38. The molecule has 6 heteroatoms. The first-order chi connectivity index (χ1) is 17.4. The van der Waals surface area contributed by atoms with Crippen LogP contribution < -0.4 is 5.73 Å². The van der Waals surface area contributed by atoms with Crippen molar-refractivity contribution in [3.63, 3.8) is 0 Å². The fraction of sp³-hybridized carbons (Fsp3) is 0.733. The topological polar surface area (TPSA) is 72.0 Å². The van der Waals surface area contributed by atoms with Crippen LogP contribution in [0.5, 0.6) is 0 Å². The summed E-state index contributed by atoms with van der Waals surface area (Å²) >= 11 is 0. The molecule has 0 aliphatic carbocycles. The van der Waals surface area contributed by atoms with Crippen LogP contribution in [0.2, 0.25) is 0 Å². The predicted molar refractivity (Wildman–Crippen MR) is 154 cm³/mol. The van der Waals surface area contributed by atoms with E-state index in [1.165, 1.54) is 49.7 Å². The van der Waals surface area contributed by atoms with Crippen molar-refractivity contribution in [3.8, 4) is 0 Å². The van der Waals surface area contributed by atoms with Gasteiger partial charge in [0, 0.05) is 26.2 Å². The molecule has 0 amide bonds. The molecule has 2 aliphatic rings. The number of nitrogens with two attached hydrogens (primary N) is 1. The first-order valence-corrected chi connectivity index (χ1v) is 14.7. The molecule has 0 unspecified atom stereocenters. The lowest BCUT2D eigenvalue weighted by Crippen LogP contribution is -2.41. The lowest BCUT2D eigenvalue weighted by atomic mass is 9.98. The van der Waals surface area contributed by atoms with E-state index in [4.69, 9.17) is 11.1 Å². The van der Waals surface area contributed by atoms with Crippen LogP contribution in [0.3, 0.4) is 0 Å². The van der Waals surface area contributed by atoms with Crippen molar-refractivity contribution < 1.29 is 0 Å². The minimum absolute atomic E-state index is 0.443. The van der Waals surface area contributed by atoms with Crippen LogP contribution in [0.15, 0.2) is 29.3 Å². The van der Waals surface area contributed by atoms with Gasteiger partial charge in [-0.25, -0.2) is 0 Å². The maximum absolute atomic E-state index is 8.96. The Hall–Kier alpha value is -2.24. The Morgan fingerprint density at radius 2 is 1.81 bits per heavy atom. The molecule has 0 spiro atoms. The zero-order valence-electron chi connectivity index (χ0n) is 23.5. The Balaban J connectivity index is 1.44. The summed E-state index contributed by atoms with van der Waals surface area (Å²) in [6.45, 7) is 13.8. The third-order valence-electron chi connectivity index (χ3n) is 8.32. The molecule has 0 radical (unpaired) electrons. The summed E-state index contributed by atoms with van der Waals surface area (Å²) in [4.78, 5) is 11.6. The summed E-state index contributed by atoms with van der Waals surface area (Å²) < 4.78 is 0. The van der Waals surface area contributed by atoms with Crippen LogP contribution in [0.25, 0.3) is 0 Å². The van der Waals surface area contributed by atoms with Gasteiger partial charge in [0.25, 0.3) is 0 Å². The van der Waals surface area contributed by atoms with Crippen molar-refractivity contribution in [1.82, 2.24) is 14.7 Å². The van der Waals surface area contributed by atoms with Crippen molar-refractivity contribution in [2.75, 3.05) is 32.7 Å². The molecule has 2 heterocycles. The first-order valence-electron chi connectivity index (χ1n) is 14.7. The number of hydrogen-bond acceptors (Lipinski definition) is 4. The molecule has 1 aromatic rings. The average molecular weight is 497 g/mol. The summed E-state index contributed by atoms with van der Waals surface area (Å²) in [5.41, 5.74) is 8.90. The van der Waals surface area contributed by atoms with Gasteiger partial charge in [-0.3, -0.25) is 10.4 Å². The van der Waals surface area contributed by atoms with Crippen LogP contribution >= 0.6 is 0 Å². The van der Waals surface area contributed by atoms with Crippen molar-refractivity contribution in [3.05, 3.63) is 35.4 Å². The van der Waals surface area contributed by atoms with Gasteiger partial charge in [0.15, 0.2) is 11.9 Å². The molecule has 1 fully saturated rings. The Morgan fingerprint density at radius 1 is 1.03 bits per heavy atom. The molecule has 0 bridgehead atoms. The lowest BCUT2D eigenvalue weighted by Gasteiger charge is -2.29. The van der Waals surface area contributed by atoms with E-state index >= 15 is 0 Å². The summed E-state index contributed by atoms with van der Waals surface area (Å²) in [7, 11) is 0. The number of guanidine groups is 2. The zero-order valence-corrected chi connectivity index (χ0v) is 23.5. The summed E-state index contributed by atoms with van der Waals surface area (Å²) in [6.07, 6.45) is 12.0. The Labute approximate surface area is 220 Å². The molecule has 2 aliphatic heterocycles. The molecule has 1 saturated heterocycles. The van der Waals surface area contributed by atoms with E-state index in [2.05, 4.69) is 71.7 Å². The highest BCUT2D eigenvalue weighted by Crippen LogP contribution is 2.25. The molecule has 3 atom stereocenters. The van der Waals surface area contributed by atoms with E-state index in [9.17, 15) is 0 Å². The molecule has 6 nitrogen and oxygen atoms in total. The third-order valence-corrected chi connectivity index (χ3v) is 8.32. The van der Waals surface area contributed by atoms with Crippen LogP contribution in [0.1, 0.15) is 89.7 Å². The second-order valence-corrected chi connectivity index (χ2v) is 11.1. The number of rotatable bonds is 16. The third kappa shape index (κ3) is 7.88. The number of benzene rings is 1. The normalized spacial score (nSPS) is 20.9. The highest BCUT2D eigenvalue weighted by molar-refractivity contribution is 5.80. The van der Waals surface area contributed by atoms with E-state index in [-0.39, 0.29) is 0 Å². The van der Waals surface area contributed by atoms with Crippen molar-refractivity contribution in [2.24, 2.45) is 16.6 Å². The Morgan fingerprint density at radius 3 is 2.56 bits per heavy atom. The van der Waals surface area contributed by atoms with Crippen molar-refractivity contribution in [2.45, 2.75) is 104 Å². The first kappa shape index (κ1) is 28.3. The van der Waals surface area contributed by atoms with Gasteiger partial charge in [0.1, 0.15) is 0 Å². The van der Waals surface area contributed by atoms with Crippen LogP contribution in [0, 0.1) is 18.3 Å². The van der Waals surface area contributed by atoms with Crippen LogP contribution in [-0.4, -0.2) is 71.4 Å². The minimum atomic E-state index is 0.443. The molecule has 202 valence electrons. The van der Waals surface area contributed by atoms with Crippen molar-refractivity contribution >= 4 is 11.9 Å². The second kappa shape index (κ2) is 14.5. The van der Waals surface area contributed by atoms with Gasteiger partial charge in [0.2, 0.25) is 0 Å². The predicted octanol–water partition coefficient (Wildman–Crippen LogP) is 5.64. The SMILES string of the molecule is CCCCCCCN1C(N)=NC[C@@H]1CCCCN1C[C@H]([C@@H](C)CC)N(CCc2cccc(C)c2)C1=N. The van der Waals surface area contributed by atoms with Gasteiger partial charge in [-0.2, -0.15) is 0 Å². The number of nitrogens with zero attached hydrogens (tertiary/aromatic N) is 4. The van der Waals surface area contributed by atoms with E-state index in [0.29, 0.717) is 18.0 Å². The smallest absolute Gasteiger partial charge is 0.194 e. The van der Waals surface area contributed by atoms with E-state index in [0.717, 1.165) is 70.3 Å². The monoisotopic (exact) mass is 496 g/mol. The van der Waals surface area contributed by atoms with E-state index in [1.54, 1.807) is 0 Å². The van der Waals surface area contributed by atoms with Gasteiger partial charge >= 0.3 is 0 Å². The highest BCUT2D eigenvalue weighted by Gasteiger charge is 2.36. The van der Waals surface area contributed by atoms with Gasteiger partial charge < -0.3 is 20.4 Å². The molecule has 3 N–H and O–H groups in total. The number of aliphatic imine (C=N–C) groups is 1. The summed E-state index contributed by atoms with van der Waals surface area (Å²) in [6, 6.07) is 9.71. The quantitative estimate of drug-likeness (QED) is 0.290. The fourth-order valence-electron chi connectivity index (χ4n) is 5.78. The molecule has 3 rings (SSSR count). The van der Waals surface area contributed by atoms with Gasteiger partial charge in [-0.1, -0.05) is 82.7 Å². The highest BCUT2D eigenvalue weighted by atomic mass is 15.4. The van der Waals surface area contributed by atoms with Crippen molar-refractivity contribution in [1.29, 1.82) is 5.41 Å². The number of unbranched alkanes of at least 4 members (excludes halogenated alkanes) is 5. The van der Waals surface area contributed by atoms with Crippen LogP contribution in [0.4, 0.5) is 0 Å². The standard InChI is InChI=1S/C30H52N6/c1-5-7-8-9-11-19-35-27(22-33-29(35)31)16-10-12-18-34-23-28(25(4)6-2)36(30(34)32)20-17-26-15-13-14-24(3)21-26/h13-15,21,25,27-28,32H,5-12,16-20,22-23H2,1-4H3,(H2,31,33)/t25-,27-,28+/m0/s1. The molecule has 36 heavy (non-hydrogen) atoms.